The minimum absolute atomic E-state index is 0.0894. The van der Waals surface area contributed by atoms with E-state index in [-0.39, 0.29) is 23.0 Å². The molecule has 10 heteroatoms. The highest BCUT2D eigenvalue weighted by atomic mass is 32.2. The van der Waals surface area contributed by atoms with Crippen LogP contribution in [0.4, 0.5) is 4.39 Å². The number of nitrogens with one attached hydrogen (secondary N) is 1. The molecule has 0 amide bonds. The van der Waals surface area contributed by atoms with Crippen LogP contribution in [0.2, 0.25) is 0 Å². The number of rotatable bonds is 9. The fraction of sp³-hybridized carbons (Fsp3) is 0.389. The number of aliphatic carboxylic acids is 1. The molecule has 1 aromatic rings. The van der Waals surface area contributed by atoms with Crippen molar-refractivity contribution in [3.8, 4) is 0 Å². The van der Waals surface area contributed by atoms with Gasteiger partial charge < -0.3 is 9.63 Å². The first kappa shape index (κ1) is 21.7. The van der Waals surface area contributed by atoms with E-state index in [0.717, 1.165) is 0 Å². The molecule has 0 unspecified atom stereocenters. The summed E-state index contributed by atoms with van der Waals surface area (Å²) in [5.74, 6) is -0.896. The first-order valence-corrected chi connectivity index (χ1v) is 10.3. The number of halogens is 1. The summed E-state index contributed by atoms with van der Waals surface area (Å²) in [5, 5.41) is 12.5. The van der Waals surface area contributed by atoms with E-state index in [0.29, 0.717) is 36.2 Å². The van der Waals surface area contributed by atoms with Crippen LogP contribution >= 0.6 is 0 Å². The highest BCUT2D eigenvalue weighted by Crippen LogP contribution is 2.29. The van der Waals surface area contributed by atoms with Gasteiger partial charge in [-0.1, -0.05) is 31.2 Å². The number of allylic oxidation sites excluding steroid dienone is 8. The molecule has 0 aliphatic heterocycles. The summed E-state index contributed by atoms with van der Waals surface area (Å²) in [5.41, 5.74) is 1.38. The van der Waals surface area contributed by atoms with Crippen molar-refractivity contribution in [2.24, 2.45) is 0 Å². The molecule has 28 heavy (non-hydrogen) atoms. The molecular weight excluding hydrogens is 389 g/mol. The van der Waals surface area contributed by atoms with Crippen LogP contribution in [0.5, 0.6) is 0 Å². The summed E-state index contributed by atoms with van der Waals surface area (Å²) >= 11 is 0. The number of carboxylic acids is 1. The number of nitrogens with zero attached hydrogens (tertiary/aromatic N) is 2. The molecule has 1 aliphatic carbocycles. The number of aromatic nitrogens is 2. The van der Waals surface area contributed by atoms with Crippen LogP contribution < -0.4 is 4.72 Å². The van der Waals surface area contributed by atoms with Gasteiger partial charge in [0.05, 0.1) is 10.7 Å². The maximum Gasteiger partial charge on any atom is 0.318 e. The van der Waals surface area contributed by atoms with Crippen molar-refractivity contribution < 1.29 is 27.2 Å². The predicted octanol–water partition coefficient (Wildman–Crippen LogP) is 3.19. The Hall–Kier alpha value is -2.59. The molecule has 2 N–H and O–H groups in total. The molecule has 0 radical (unpaired) electrons. The van der Waals surface area contributed by atoms with Crippen LogP contribution in [0, 0.1) is 0 Å². The van der Waals surface area contributed by atoms with Gasteiger partial charge in [0, 0.05) is 11.1 Å². The van der Waals surface area contributed by atoms with Crippen LogP contribution in [-0.2, 0) is 14.8 Å². The second-order valence-electron chi connectivity index (χ2n) is 5.98. The van der Waals surface area contributed by atoms with Gasteiger partial charge in [-0.15, -0.1) is 0 Å². The average molecular weight is 411 g/mol. The second kappa shape index (κ2) is 9.56. The summed E-state index contributed by atoms with van der Waals surface area (Å²) in [4.78, 5) is 14.9. The van der Waals surface area contributed by atoms with E-state index in [1.807, 2.05) is 11.6 Å². The Morgan fingerprint density at radius 2 is 2.04 bits per heavy atom. The minimum atomic E-state index is -3.85. The summed E-state index contributed by atoms with van der Waals surface area (Å²) in [6.07, 6.45) is 7.35. The van der Waals surface area contributed by atoms with Crippen LogP contribution in [0.15, 0.2) is 39.6 Å². The second-order valence-corrected chi connectivity index (χ2v) is 7.80. The molecule has 0 fully saturated rings. The molecule has 0 atom stereocenters. The van der Waals surface area contributed by atoms with Gasteiger partial charge in [-0.2, -0.15) is 4.98 Å². The predicted molar refractivity (Wildman–Crippen MR) is 102 cm³/mol. The third kappa shape index (κ3) is 5.70. The van der Waals surface area contributed by atoms with E-state index in [4.69, 9.17) is 9.63 Å². The molecule has 1 aliphatic rings. The van der Waals surface area contributed by atoms with E-state index in [2.05, 4.69) is 10.1 Å². The van der Waals surface area contributed by atoms with Crippen molar-refractivity contribution in [1.29, 1.82) is 0 Å². The number of sulfonamides is 1. The highest BCUT2D eigenvalue weighted by Gasteiger charge is 2.23. The number of hydrogen-bond acceptors (Lipinski definition) is 6. The summed E-state index contributed by atoms with van der Waals surface area (Å²) in [7, 11) is -3.85. The monoisotopic (exact) mass is 411 g/mol. The Balaban J connectivity index is 2.19. The zero-order valence-corrected chi connectivity index (χ0v) is 16.4. The molecule has 2 rings (SSSR count). The fourth-order valence-corrected chi connectivity index (χ4v) is 3.53. The Kier molecular flexibility index (Phi) is 7.41. The van der Waals surface area contributed by atoms with E-state index in [1.54, 1.807) is 19.1 Å². The number of carboxylic acid groups (broad SMARTS) is 1. The largest absolute Gasteiger partial charge is 0.480 e. The molecule has 0 aromatic carbocycles. The van der Waals surface area contributed by atoms with Gasteiger partial charge in [0.25, 0.3) is 5.89 Å². The van der Waals surface area contributed by atoms with Crippen molar-refractivity contribution in [1.82, 2.24) is 14.9 Å². The molecule has 1 aromatic heterocycles. The van der Waals surface area contributed by atoms with Gasteiger partial charge in [0.1, 0.15) is 6.54 Å². The van der Waals surface area contributed by atoms with E-state index >= 15 is 0 Å². The lowest BCUT2D eigenvalue weighted by atomic mass is 10.1. The Morgan fingerprint density at radius 3 is 2.61 bits per heavy atom. The van der Waals surface area contributed by atoms with Gasteiger partial charge in [-0.3, -0.25) is 4.79 Å². The van der Waals surface area contributed by atoms with Gasteiger partial charge in [-0.05, 0) is 37.8 Å². The lowest BCUT2D eigenvalue weighted by molar-refractivity contribution is -0.135. The van der Waals surface area contributed by atoms with Crippen molar-refractivity contribution >= 4 is 27.1 Å². The van der Waals surface area contributed by atoms with Crippen LogP contribution in [0.3, 0.4) is 0 Å². The van der Waals surface area contributed by atoms with Crippen LogP contribution in [-0.4, -0.2) is 36.2 Å². The quantitative estimate of drug-likeness (QED) is 0.598. The molecule has 0 bridgehead atoms. The zero-order valence-electron chi connectivity index (χ0n) is 15.6. The van der Waals surface area contributed by atoms with Crippen molar-refractivity contribution in [3.63, 3.8) is 0 Å². The summed E-state index contributed by atoms with van der Waals surface area (Å²) in [6, 6.07) is 0. The highest BCUT2D eigenvalue weighted by molar-refractivity contribution is 7.93. The van der Waals surface area contributed by atoms with Gasteiger partial charge in [0.15, 0.2) is 5.82 Å². The molecule has 152 valence electrons. The average Bonchev–Trinajstić information content (AvgIpc) is 3.17. The minimum Gasteiger partial charge on any atom is -0.480 e. The van der Waals surface area contributed by atoms with Crippen LogP contribution in [0.1, 0.15) is 51.2 Å². The van der Waals surface area contributed by atoms with Gasteiger partial charge in [-0.25, -0.2) is 17.5 Å². The Labute approximate surface area is 162 Å². The van der Waals surface area contributed by atoms with E-state index in [1.165, 1.54) is 12.2 Å². The zero-order chi connectivity index (χ0) is 20.7. The molecule has 0 spiro atoms. The molecule has 0 saturated heterocycles. The smallest absolute Gasteiger partial charge is 0.318 e. The molecular formula is C18H22FN3O5S. The first-order valence-electron chi connectivity index (χ1n) is 8.77. The maximum absolute atomic E-state index is 13.3. The van der Waals surface area contributed by atoms with Crippen molar-refractivity contribution in [3.05, 3.63) is 46.8 Å². The molecule has 1 heterocycles. The fourth-order valence-electron chi connectivity index (χ4n) is 2.41. The Morgan fingerprint density at radius 1 is 1.29 bits per heavy atom. The lowest BCUT2D eigenvalue weighted by Crippen LogP contribution is -2.30. The third-order valence-corrected chi connectivity index (χ3v) is 5.60. The van der Waals surface area contributed by atoms with E-state index in [9.17, 15) is 17.6 Å². The maximum atomic E-state index is 13.3. The van der Waals surface area contributed by atoms with Crippen molar-refractivity contribution in [2.75, 3.05) is 6.54 Å². The van der Waals surface area contributed by atoms with Crippen molar-refractivity contribution in [2.45, 2.75) is 39.5 Å². The SMILES string of the molecule is CC/C(F)=C\C=C(/CC)c1noc(C2=CC=C(S(=O)(=O)NCC(=O)O)CC2)n1. The first-order chi connectivity index (χ1) is 13.3. The topological polar surface area (TPSA) is 122 Å². The number of carbonyl (C=O) groups is 1. The normalized spacial score (nSPS) is 16.0. The number of hydrogen-bond donors (Lipinski definition) is 2. The molecule has 8 nitrogen and oxygen atoms in total. The lowest BCUT2D eigenvalue weighted by Gasteiger charge is -2.13. The third-order valence-electron chi connectivity index (χ3n) is 4.04. The molecule has 0 saturated carbocycles. The summed E-state index contributed by atoms with van der Waals surface area (Å²) in [6.45, 7) is 2.93. The van der Waals surface area contributed by atoms with E-state index < -0.39 is 22.5 Å². The van der Waals surface area contributed by atoms with Crippen LogP contribution in [0.25, 0.3) is 11.1 Å². The van der Waals surface area contributed by atoms with Gasteiger partial charge >= 0.3 is 5.97 Å². The van der Waals surface area contributed by atoms with Gasteiger partial charge in [0.2, 0.25) is 10.0 Å². The Bertz CT molecular complexity index is 958. The summed E-state index contributed by atoms with van der Waals surface area (Å²) < 4.78 is 44.7. The standard InChI is InChI=1S/C18H22FN3O5S/c1-3-12(5-8-14(19)4-2)17-21-18(27-22-17)13-6-9-15(10-7-13)28(25,26)20-11-16(23)24/h5-6,8-9,20H,3-4,7,10-11H2,1-2H3,(H,23,24)/b12-5+,14-8+.